The molecular weight excluding hydrogens is 521 g/mol. The van der Waals surface area contributed by atoms with E-state index in [9.17, 15) is 22.4 Å². The summed E-state index contributed by atoms with van der Waals surface area (Å²) in [5.41, 5.74) is 0.824. The first-order valence-electron chi connectivity index (χ1n) is 12.7. The molecule has 0 radical (unpaired) electrons. The molecule has 3 aromatic rings. The smallest absolute Gasteiger partial charge is 0.264 e. The maximum atomic E-state index is 13.8. The molecule has 0 fully saturated rings. The number of hydrogen-bond acceptors (Lipinski definition) is 5. The molecule has 0 aliphatic heterocycles. The van der Waals surface area contributed by atoms with E-state index < -0.39 is 34.3 Å². The van der Waals surface area contributed by atoms with Crippen LogP contribution in [0.4, 0.5) is 10.1 Å². The first kappa shape index (κ1) is 29.6. The predicted octanol–water partition coefficient (Wildman–Crippen LogP) is 4.36. The number of sulfonamides is 1. The van der Waals surface area contributed by atoms with E-state index in [1.54, 1.807) is 49.4 Å². The van der Waals surface area contributed by atoms with Crippen LogP contribution in [0.2, 0.25) is 0 Å². The highest BCUT2D eigenvalue weighted by Crippen LogP contribution is 2.25. The molecule has 3 rings (SSSR count). The zero-order chi connectivity index (χ0) is 28.4. The van der Waals surface area contributed by atoms with Crippen molar-refractivity contribution in [3.8, 4) is 5.75 Å². The van der Waals surface area contributed by atoms with Gasteiger partial charge < -0.3 is 15.0 Å². The first-order valence-corrected chi connectivity index (χ1v) is 14.1. The molecule has 39 heavy (non-hydrogen) atoms. The van der Waals surface area contributed by atoms with Crippen LogP contribution in [0.1, 0.15) is 32.3 Å². The van der Waals surface area contributed by atoms with Gasteiger partial charge in [-0.05, 0) is 67.4 Å². The number of anilines is 1. The number of carbonyl (C=O) groups excluding carboxylic acids is 2. The van der Waals surface area contributed by atoms with Gasteiger partial charge in [0.15, 0.2) is 0 Å². The van der Waals surface area contributed by atoms with Gasteiger partial charge in [-0.15, -0.1) is 0 Å². The van der Waals surface area contributed by atoms with E-state index in [1.165, 1.54) is 36.3 Å². The monoisotopic (exact) mass is 555 g/mol. The fourth-order valence-corrected chi connectivity index (χ4v) is 5.38. The third-order valence-electron chi connectivity index (χ3n) is 6.21. The van der Waals surface area contributed by atoms with Crippen LogP contribution in [0.3, 0.4) is 0 Å². The van der Waals surface area contributed by atoms with E-state index in [2.05, 4.69) is 5.32 Å². The van der Waals surface area contributed by atoms with Crippen LogP contribution in [-0.4, -0.2) is 51.4 Å². The summed E-state index contributed by atoms with van der Waals surface area (Å²) in [6.07, 6.45) is 1.68. The predicted molar refractivity (Wildman–Crippen MR) is 148 cm³/mol. The molecule has 0 aliphatic rings. The van der Waals surface area contributed by atoms with Gasteiger partial charge in [0.2, 0.25) is 11.8 Å². The summed E-state index contributed by atoms with van der Waals surface area (Å²) in [4.78, 5) is 28.1. The molecule has 10 heteroatoms. The average molecular weight is 556 g/mol. The molecule has 0 unspecified atom stereocenters. The van der Waals surface area contributed by atoms with Gasteiger partial charge >= 0.3 is 0 Å². The Morgan fingerprint density at radius 2 is 1.69 bits per heavy atom. The molecule has 0 bridgehead atoms. The van der Waals surface area contributed by atoms with Crippen molar-refractivity contribution in [2.75, 3.05) is 24.5 Å². The highest BCUT2D eigenvalue weighted by Gasteiger charge is 2.32. The highest BCUT2D eigenvalue weighted by atomic mass is 32.2. The Balaban J connectivity index is 1.99. The number of hydrogen-bond donors (Lipinski definition) is 1. The second-order valence-electron chi connectivity index (χ2n) is 8.99. The number of nitrogens with one attached hydrogen (secondary N) is 1. The summed E-state index contributed by atoms with van der Waals surface area (Å²) in [5.74, 6) is -0.905. The number of nitrogens with zero attached hydrogens (tertiary/aromatic N) is 2. The summed E-state index contributed by atoms with van der Waals surface area (Å²) >= 11 is 0. The second-order valence-corrected chi connectivity index (χ2v) is 10.9. The molecule has 208 valence electrons. The number of methoxy groups -OCH3 is 1. The van der Waals surface area contributed by atoms with Crippen molar-refractivity contribution in [1.29, 1.82) is 0 Å². The quantitative estimate of drug-likeness (QED) is 0.316. The molecule has 0 saturated heterocycles. The molecule has 8 nitrogen and oxygen atoms in total. The fourth-order valence-electron chi connectivity index (χ4n) is 3.94. The fraction of sp³-hybridized carbons (Fsp3) is 0.310. The lowest BCUT2D eigenvalue weighted by molar-refractivity contribution is -0.139. The Labute approximate surface area is 229 Å². The first-order chi connectivity index (χ1) is 18.7. The summed E-state index contributed by atoms with van der Waals surface area (Å²) in [7, 11) is -2.67. The minimum atomic E-state index is -4.20. The summed E-state index contributed by atoms with van der Waals surface area (Å²) in [6, 6.07) is 18.7. The molecule has 0 saturated carbocycles. The molecule has 0 aliphatic carbocycles. The van der Waals surface area contributed by atoms with E-state index in [0.717, 1.165) is 29.3 Å². The van der Waals surface area contributed by atoms with E-state index in [0.29, 0.717) is 17.9 Å². The van der Waals surface area contributed by atoms with Gasteiger partial charge in [0, 0.05) is 13.1 Å². The van der Waals surface area contributed by atoms with Gasteiger partial charge in [-0.3, -0.25) is 13.9 Å². The Kier molecular flexibility index (Phi) is 10.4. The van der Waals surface area contributed by atoms with Crippen LogP contribution in [0.25, 0.3) is 0 Å². The number of benzene rings is 3. The summed E-state index contributed by atoms with van der Waals surface area (Å²) in [5, 5.41) is 2.84. The van der Waals surface area contributed by atoms with Crippen LogP contribution in [0, 0.1) is 5.82 Å². The van der Waals surface area contributed by atoms with Crippen LogP contribution >= 0.6 is 0 Å². The van der Waals surface area contributed by atoms with Gasteiger partial charge in [0.05, 0.1) is 17.7 Å². The maximum Gasteiger partial charge on any atom is 0.264 e. The van der Waals surface area contributed by atoms with Gasteiger partial charge in [-0.1, -0.05) is 43.7 Å². The molecular formula is C29H34FN3O5S. The molecule has 1 atom stereocenters. The Hall–Kier alpha value is -3.92. The van der Waals surface area contributed by atoms with Gasteiger partial charge in [-0.2, -0.15) is 0 Å². The summed E-state index contributed by atoms with van der Waals surface area (Å²) in [6.45, 7) is 3.52. The van der Waals surface area contributed by atoms with Crippen LogP contribution < -0.4 is 14.4 Å². The van der Waals surface area contributed by atoms with E-state index in [1.807, 2.05) is 6.92 Å². The van der Waals surface area contributed by atoms with Crippen molar-refractivity contribution >= 4 is 27.5 Å². The second kappa shape index (κ2) is 13.7. The average Bonchev–Trinajstić information content (AvgIpc) is 2.95. The van der Waals surface area contributed by atoms with E-state index >= 15 is 0 Å². The molecule has 0 spiro atoms. The van der Waals surface area contributed by atoms with Crippen molar-refractivity contribution < 1.29 is 27.1 Å². The molecule has 3 aromatic carbocycles. The zero-order valence-electron chi connectivity index (χ0n) is 22.3. The number of rotatable bonds is 13. The Morgan fingerprint density at radius 3 is 2.33 bits per heavy atom. The zero-order valence-corrected chi connectivity index (χ0v) is 23.2. The number of amides is 2. The Morgan fingerprint density at radius 1 is 1.00 bits per heavy atom. The van der Waals surface area contributed by atoms with E-state index in [4.69, 9.17) is 4.74 Å². The van der Waals surface area contributed by atoms with Gasteiger partial charge in [0.1, 0.15) is 24.2 Å². The third kappa shape index (κ3) is 7.79. The molecule has 2 amide bonds. The minimum absolute atomic E-state index is 0.0215. The lowest BCUT2D eigenvalue weighted by atomic mass is 10.1. The van der Waals surface area contributed by atoms with Crippen LogP contribution in [0.5, 0.6) is 5.75 Å². The minimum Gasteiger partial charge on any atom is -0.497 e. The standard InChI is InChI=1S/C29H34FN3O5S/c1-4-5-18-31-29(35)22(2)32(20-23-10-9-11-26(19-23)38-3)28(34)21-33(25-16-14-24(30)15-17-25)39(36,37)27-12-7-6-8-13-27/h6-17,19,22H,4-5,18,20-21H2,1-3H3,(H,31,35)/t22-/m1/s1. The molecule has 1 N–H and O–H groups in total. The number of unbranched alkanes of at least 4 members (excludes halogenated alkanes) is 1. The lowest BCUT2D eigenvalue weighted by Gasteiger charge is -2.32. The topological polar surface area (TPSA) is 96.0 Å². The largest absolute Gasteiger partial charge is 0.497 e. The van der Waals surface area contributed by atoms with Crippen molar-refractivity contribution in [3.05, 3.63) is 90.2 Å². The maximum absolute atomic E-state index is 13.8. The number of halogens is 1. The van der Waals surface area contributed by atoms with Gasteiger partial charge in [-0.25, -0.2) is 12.8 Å². The Bertz CT molecular complexity index is 1350. The highest BCUT2D eigenvalue weighted by molar-refractivity contribution is 7.92. The van der Waals surface area contributed by atoms with Crippen LogP contribution in [-0.2, 0) is 26.2 Å². The molecule has 0 aromatic heterocycles. The SMILES string of the molecule is CCCCNC(=O)[C@@H](C)N(Cc1cccc(OC)c1)C(=O)CN(c1ccc(F)cc1)S(=O)(=O)c1ccccc1. The van der Waals surface area contributed by atoms with Gasteiger partial charge in [0.25, 0.3) is 10.0 Å². The molecule has 0 heterocycles. The van der Waals surface area contributed by atoms with E-state index in [-0.39, 0.29) is 23.0 Å². The lowest BCUT2D eigenvalue weighted by Crippen LogP contribution is -2.51. The van der Waals surface area contributed by atoms with Crippen molar-refractivity contribution in [3.63, 3.8) is 0 Å². The summed E-state index contributed by atoms with van der Waals surface area (Å²) < 4.78 is 47.2. The van der Waals surface area contributed by atoms with Crippen molar-refractivity contribution in [2.24, 2.45) is 0 Å². The van der Waals surface area contributed by atoms with Crippen molar-refractivity contribution in [1.82, 2.24) is 10.2 Å². The van der Waals surface area contributed by atoms with Crippen LogP contribution in [0.15, 0.2) is 83.8 Å². The normalized spacial score (nSPS) is 11.9. The third-order valence-corrected chi connectivity index (χ3v) is 8.00. The number of carbonyl (C=O) groups is 2. The number of ether oxygens (including phenoxy) is 1. The van der Waals surface area contributed by atoms with Crippen molar-refractivity contribution in [2.45, 2.75) is 44.2 Å².